The third-order valence-corrected chi connectivity index (χ3v) is 2.82. The van der Waals surface area contributed by atoms with Crippen LogP contribution in [0.15, 0.2) is 6.07 Å². The standard InChI is InChI=1S/C14H26N4O2/c1-5-19-9-7-18(8-10-20-6-2)14-11-13(15-4)16-12(3)17-14/h11H,5-10H2,1-4H3,(H,15,16,17). The van der Waals surface area contributed by atoms with Crippen LogP contribution < -0.4 is 10.2 Å². The SMILES string of the molecule is CCOCCN(CCOCC)c1cc(NC)nc(C)n1. The van der Waals surface area contributed by atoms with Crippen molar-refractivity contribution >= 4 is 11.6 Å². The van der Waals surface area contributed by atoms with Crippen LogP contribution in [0.2, 0.25) is 0 Å². The van der Waals surface area contributed by atoms with E-state index >= 15 is 0 Å². The monoisotopic (exact) mass is 282 g/mol. The van der Waals surface area contributed by atoms with Crippen molar-refractivity contribution in [2.45, 2.75) is 20.8 Å². The summed E-state index contributed by atoms with van der Waals surface area (Å²) < 4.78 is 10.9. The molecule has 0 spiro atoms. The summed E-state index contributed by atoms with van der Waals surface area (Å²) in [6.45, 7) is 10.3. The van der Waals surface area contributed by atoms with Gasteiger partial charge < -0.3 is 19.7 Å². The second-order valence-electron chi connectivity index (χ2n) is 4.29. The van der Waals surface area contributed by atoms with Crippen LogP contribution in [0.5, 0.6) is 0 Å². The largest absolute Gasteiger partial charge is 0.380 e. The molecule has 0 atom stereocenters. The molecule has 20 heavy (non-hydrogen) atoms. The molecule has 114 valence electrons. The van der Waals surface area contributed by atoms with Crippen molar-refractivity contribution in [1.29, 1.82) is 0 Å². The van der Waals surface area contributed by atoms with E-state index in [1.807, 2.05) is 33.9 Å². The normalized spacial score (nSPS) is 10.6. The second kappa shape index (κ2) is 9.50. The molecule has 0 saturated carbocycles. The summed E-state index contributed by atoms with van der Waals surface area (Å²) in [5.41, 5.74) is 0. The van der Waals surface area contributed by atoms with Gasteiger partial charge in [-0.05, 0) is 20.8 Å². The fraction of sp³-hybridized carbons (Fsp3) is 0.714. The number of anilines is 2. The van der Waals surface area contributed by atoms with Crippen molar-refractivity contribution in [1.82, 2.24) is 9.97 Å². The van der Waals surface area contributed by atoms with E-state index in [9.17, 15) is 0 Å². The number of hydrogen-bond donors (Lipinski definition) is 1. The van der Waals surface area contributed by atoms with Gasteiger partial charge in [0.2, 0.25) is 0 Å². The van der Waals surface area contributed by atoms with Crippen LogP contribution in [0.1, 0.15) is 19.7 Å². The molecule has 1 N–H and O–H groups in total. The van der Waals surface area contributed by atoms with E-state index in [0.717, 1.165) is 43.8 Å². The predicted molar refractivity (Wildman–Crippen MR) is 81.5 cm³/mol. The van der Waals surface area contributed by atoms with Gasteiger partial charge in [-0.3, -0.25) is 0 Å². The lowest BCUT2D eigenvalue weighted by atomic mass is 10.4. The lowest BCUT2D eigenvalue weighted by Crippen LogP contribution is -2.32. The maximum absolute atomic E-state index is 5.44. The van der Waals surface area contributed by atoms with E-state index in [2.05, 4.69) is 20.2 Å². The first-order valence-corrected chi connectivity index (χ1v) is 7.15. The minimum atomic E-state index is 0.681. The fourth-order valence-corrected chi connectivity index (χ4v) is 1.82. The Kier molecular flexibility index (Phi) is 7.91. The minimum absolute atomic E-state index is 0.681. The molecule has 1 heterocycles. The van der Waals surface area contributed by atoms with Gasteiger partial charge in [0.1, 0.15) is 17.5 Å². The Morgan fingerprint density at radius 3 is 2.20 bits per heavy atom. The topological polar surface area (TPSA) is 59.5 Å². The molecule has 0 saturated heterocycles. The van der Waals surface area contributed by atoms with Crippen molar-refractivity contribution in [2.24, 2.45) is 0 Å². The molecular formula is C14H26N4O2. The van der Waals surface area contributed by atoms with Gasteiger partial charge in [0.25, 0.3) is 0 Å². The van der Waals surface area contributed by atoms with E-state index in [4.69, 9.17) is 9.47 Å². The zero-order valence-corrected chi connectivity index (χ0v) is 13.0. The Bertz CT molecular complexity index is 377. The minimum Gasteiger partial charge on any atom is -0.380 e. The quantitative estimate of drug-likeness (QED) is 0.659. The molecule has 0 aliphatic heterocycles. The van der Waals surface area contributed by atoms with Gasteiger partial charge in [0.05, 0.1) is 13.2 Å². The molecule has 0 bridgehead atoms. The first kappa shape index (κ1) is 16.7. The Labute approximate surface area is 121 Å². The van der Waals surface area contributed by atoms with Crippen molar-refractivity contribution in [3.63, 3.8) is 0 Å². The highest BCUT2D eigenvalue weighted by molar-refractivity contribution is 5.49. The predicted octanol–water partition coefficient (Wildman–Crippen LogP) is 1.71. The van der Waals surface area contributed by atoms with Crippen LogP contribution in [0.25, 0.3) is 0 Å². The van der Waals surface area contributed by atoms with Gasteiger partial charge in [-0.1, -0.05) is 0 Å². The fourth-order valence-electron chi connectivity index (χ4n) is 1.82. The Hall–Kier alpha value is -1.40. The molecule has 1 aromatic rings. The molecule has 0 unspecified atom stereocenters. The Morgan fingerprint density at radius 2 is 1.70 bits per heavy atom. The summed E-state index contributed by atoms with van der Waals surface area (Å²) in [5, 5.41) is 3.06. The summed E-state index contributed by atoms with van der Waals surface area (Å²) in [6.07, 6.45) is 0. The number of hydrogen-bond acceptors (Lipinski definition) is 6. The number of nitrogens with one attached hydrogen (secondary N) is 1. The first-order valence-electron chi connectivity index (χ1n) is 7.15. The van der Waals surface area contributed by atoms with Crippen molar-refractivity contribution in [3.8, 4) is 0 Å². The van der Waals surface area contributed by atoms with Crippen LogP contribution in [-0.2, 0) is 9.47 Å². The molecule has 6 heteroatoms. The smallest absolute Gasteiger partial charge is 0.134 e. The third kappa shape index (κ3) is 5.71. The summed E-state index contributed by atoms with van der Waals surface area (Å²) in [7, 11) is 1.86. The van der Waals surface area contributed by atoms with Gasteiger partial charge >= 0.3 is 0 Å². The van der Waals surface area contributed by atoms with Gasteiger partial charge in [0.15, 0.2) is 0 Å². The number of rotatable bonds is 10. The van der Waals surface area contributed by atoms with Crippen LogP contribution in [0.3, 0.4) is 0 Å². The lowest BCUT2D eigenvalue weighted by molar-refractivity contribution is 0.141. The lowest BCUT2D eigenvalue weighted by Gasteiger charge is -2.24. The molecule has 6 nitrogen and oxygen atoms in total. The Balaban J connectivity index is 2.75. The van der Waals surface area contributed by atoms with Crippen LogP contribution in [-0.4, -0.2) is 56.5 Å². The zero-order chi connectivity index (χ0) is 14.8. The molecule has 0 aliphatic carbocycles. The van der Waals surface area contributed by atoms with Crippen molar-refractivity contribution < 1.29 is 9.47 Å². The second-order valence-corrected chi connectivity index (χ2v) is 4.29. The van der Waals surface area contributed by atoms with Crippen molar-refractivity contribution in [2.75, 3.05) is 56.8 Å². The average molecular weight is 282 g/mol. The van der Waals surface area contributed by atoms with Crippen molar-refractivity contribution in [3.05, 3.63) is 11.9 Å². The number of aryl methyl sites for hydroxylation is 1. The molecule has 0 aromatic carbocycles. The maximum Gasteiger partial charge on any atom is 0.134 e. The average Bonchev–Trinajstić information content (AvgIpc) is 2.45. The Morgan fingerprint density at radius 1 is 1.10 bits per heavy atom. The summed E-state index contributed by atoms with van der Waals surface area (Å²) in [4.78, 5) is 11.0. The summed E-state index contributed by atoms with van der Waals surface area (Å²) in [5.74, 6) is 2.48. The highest BCUT2D eigenvalue weighted by Crippen LogP contribution is 2.15. The number of nitrogens with zero attached hydrogens (tertiary/aromatic N) is 3. The van der Waals surface area contributed by atoms with E-state index in [-0.39, 0.29) is 0 Å². The van der Waals surface area contributed by atoms with Crippen LogP contribution in [0, 0.1) is 6.92 Å². The molecular weight excluding hydrogens is 256 g/mol. The van der Waals surface area contributed by atoms with Gasteiger partial charge in [-0.15, -0.1) is 0 Å². The maximum atomic E-state index is 5.44. The number of aromatic nitrogens is 2. The van der Waals surface area contributed by atoms with Crippen LogP contribution >= 0.6 is 0 Å². The molecule has 0 radical (unpaired) electrons. The van der Waals surface area contributed by atoms with Gasteiger partial charge in [-0.25, -0.2) is 9.97 Å². The first-order chi connectivity index (χ1) is 9.71. The highest BCUT2D eigenvalue weighted by Gasteiger charge is 2.10. The van der Waals surface area contributed by atoms with E-state index in [1.54, 1.807) is 0 Å². The van der Waals surface area contributed by atoms with E-state index in [0.29, 0.717) is 13.2 Å². The molecule has 0 amide bonds. The molecule has 0 aliphatic rings. The zero-order valence-electron chi connectivity index (χ0n) is 13.0. The summed E-state index contributed by atoms with van der Waals surface area (Å²) in [6, 6.07) is 1.95. The third-order valence-electron chi connectivity index (χ3n) is 2.82. The molecule has 0 fully saturated rings. The summed E-state index contributed by atoms with van der Waals surface area (Å²) >= 11 is 0. The van der Waals surface area contributed by atoms with Gasteiger partial charge in [0, 0.05) is 39.4 Å². The molecule has 1 aromatic heterocycles. The van der Waals surface area contributed by atoms with Gasteiger partial charge in [-0.2, -0.15) is 0 Å². The van der Waals surface area contributed by atoms with E-state index in [1.165, 1.54) is 0 Å². The molecule has 1 rings (SSSR count). The van der Waals surface area contributed by atoms with E-state index < -0.39 is 0 Å². The highest BCUT2D eigenvalue weighted by atomic mass is 16.5. The number of ether oxygens (including phenoxy) is 2. The van der Waals surface area contributed by atoms with Crippen LogP contribution in [0.4, 0.5) is 11.6 Å².